The van der Waals surface area contributed by atoms with Gasteiger partial charge < -0.3 is 10.2 Å². The lowest BCUT2D eigenvalue weighted by Gasteiger charge is -2.09. The SMILES string of the molecule is CCc1ccccc1C/C(C(=O)O)=C(\C)C(=O)O. The zero-order valence-corrected chi connectivity index (χ0v) is 10.4. The van der Waals surface area contributed by atoms with Crippen molar-refractivity contribution < 1.29 is 19.8 Å². The fourth-order valence-electron chi connectivity index (χ4n) is 1.76. The summed E-state index contributed by atoms with van der Waals surface area (Å²) < 4.78 is 0. The quantitative estimate of drug-likeness (QED) is 0.784. The zero-order valence-electron chi connectivity index (χ0n) is 10.4. The van der Waals surface area contributed by atoms with Crippen LogP contribution in [0.3, 0.4) is 0 Å². The lowest BCUT2D eigenvalue weighted by atomic mass is 9.96. The Kier molecular flexibility index (Phi) is 4.66. The van der Waals surface area contributed by atoms with Crippen molar-refractivity contribution in [3.05, 3.63) is 46.5 Å². The van der Waals surface area contributed by atoms with Crippen molar-refractivity contribution >= 4 is 11.9 Å². The van der Waals surface area contributed by atoms with Gasteiger partial charge in [0, 0.05) is 12.0 Å². The molecule has 0 saturated carbocycles. The highest BCUT2D eigenvalue weighted by Gasteiger charge is 2.17. The predicted octanol–water partition coefficient (Wildman–Crippen LogP) is 2.28. The summed E-state index contributed by atoms with van der Waals surface area (Å²) in [4.78, 5) is 22.0. The summed E-state index contributed by atoms with van der Waals surface area (Å²) >= 11 is 0. The number of carbonyl (C=O) groups is 2. The van der Waals surface area contributed by atoms with Crippen LogP contribution in [0.2, 0.25) is 0 Å². The monoisotopic (exact) mass is 248 g/mol. The van der Waals surface area contributed by atoms with Crippen LogP contribution in [0.5, 0.6) is 0 Å². The minimum atomic E-state index is -1.19. The van der Waals surface area contributed by atoms with E-state index >= 15 is 0 Å². The Morgan fingerprint density at radius 3 is 2.06 bits per heavy atom. The van der Waals surface area contributed by atoms with E-state index in [9.17, 15) is 9.59 Å². The number of rotatable bonds is 5. The Morgan fingerprint density at radius 2 is 1.61 bits per heavy atom. The van der Waals surface area contributed by atoms with E-state index in [1.54, 1.807) is 0 Å². The van der Waals surface area contributed by atoms with E-state index in [2.05, 4.69) is 0 Å². The number of hydrogen-bond donors (Lipinski definition) is 2. The summed E-state index contributed by atoms with van der Waals surface area (Å²) in [5, 5.41) is 18.0. The maximum absolute atomic E-state index is 11.1. The van der Waals surface area contributed by atoms with Crippen LogP contribution in [-0.4, -0.2) is 22.2 Å². The average molecular weight is 248 g/mol. The van der Waals surface area contributed by atoms with Crippen molar-refractivity contribution in [2.75, 3.05) is 0 Å². The van der Waals surface area contributed by atoms with Crippen LogP contribution in [0.25, 0.3) is 0 Å². The molecule has 0 amide bonds. The maximum Gasteiger partial charge on any atom is 0.332 e. The van der Waals surface area contributed by atoms with Gasteiger partial charge in [0.1, 0.15) is 0 Å². The Hall–Kier alpha value is -2.10. The molecule has 0 aliphatic carbocycles. The minimum absolute atomic E-state index is 0.0663. The second-order valence-electron chi connectivity index (χ2n) is 4.01. The summed E-state index contributed by atoms with van der Waals surface area (Å²) in [6.07, 6.45) is 0.923. The first-order chi connectivity index (χ1) is 8.47. The summed E-state index contributed by atoms with van der Waals surface area (Å²) in [5.74, 6) is -2.37. The smallest absolute Gasteiger partial charge is 0.332 e. The van der Waals surface area contributed by atoms with Crippen molar-refractivity contribution in [2.45, 2.75) is 26.7 Å². The van der Waals surface area contributed by atoms with Crippen LogP contribution in [0.1, 0.15) is 25.0 Å². The van der Waals surface area contributed by atoms with Gasteiger partial charge in [-0.15, -0.1) is 0 Å². The first-order valence-electron chi connectivity index (χ1n) is 5.70. The highest BCUT2D eigenvalue weighted by atomic mass is 16.4. The lowest BCUT2D eigenvalue weighted by molar-refractivity contribution is -0.136. The third-order valence-electron chi connectivity index (χ3n) is 2.90. The van der Waals surface area contributed by atoms with Gasteiger partial charge >= 0.3 is 11.9 Å². The Balaban J connectivity index is 3.17. The molecule has 1 rings (SSSR count). The van der Waals surface area contributed by atoms with Crippen molar-refractivity contribution in [2.24, 2.45) is 0 Å². The molecule has 0 saturated heterocycles. The zero-order chi connectivity index (χ0) is 13.7. The molecule has 0 aliphatic rings. The molecule has 0 bridgehead atoms. The van der Waals surface area contributed by atoms with Gasteiger partial charge in [-0.05, 0) is 24.5 Å². The van der Waals surface area contributed by atoms with E-state index in [-0.39, 0.29) is 17.6 Å². The fourth-order valence-corrected chi connectivity index (χ4v) is 1.76. The van der Waals surface area contributed by atoms with Crippen LogP contribution in [0.15, 0.2) is 35.4 Å². The van der Waals surface area contributed by atoms with E-state index in [0.717, 1.165) is 17.5 Å². The highest BCUT2D eigenvalue weighted by Crippen LogP contribution is 2.17. The van der Waals surface area contributed by atoms with Gasteiger partial charge in [-0.1, -0.05) is 31.2 Å². The van der Waals surface area contributed by atoms with Crippen LogP contribution in [-0.2, 0) is 22.4 Å². The van der Waals surface area contributed by atoms with E-state index in [1.165, 1.54) is 6.92 Å². The standard InChI is InChI=1S/C14H16O4/c1-3-10-6-4-5-7-11(10)8-12(14(17)18)9(2)13(15)16/h4-7H,3,8H2,1-2H3,(H,15,16)(H,17,18)/b12-9-. The summed E-state index contributed by atoms with van der Waals surface area (Å²) in [6.45, 7) is 3.30. The molecule has 0 radical (unpaired) electrons. The molecule has 96 valence electrons. The van der Waals surface area contributed by atoms with Crippen LogP contribution in [0, 0.1) is 0 Å². The molecule has 0 aliphatic heterocycles. The first-order valence-corrected chi connectivity index (χ1v) is 5.70. The van der Waals surface area contributed by atoms with Crippen molar-refractivity contribution in [3.63, 3.8) is 0 Å². The largest absolute Gasteiger partial charge is 0.478 e. The van der Waals surface area contributed by atoms with Crippen molar-refractivity contribution in [3.8, 4) is 0 Å². The van der Waals surface area contributed by atoms with Gasteiger partial charge in [-0.25, -0.2) is 9.59 Å². The lowest BCUT2D eigenvalue weighted by Crippen LogP contribution is -2.12. The van der Waals surface area contributed by atoms with E-state index in [1.807, 2.05) is 31.2 Å². The molecule has 4 heteroatoms. The summed E-state index contributed by atoms with van der Waals surface area (Å²) in [7, 11) is 0. The van der Waals surface area contributed by atoms with Crippen molar-refractivity contribution in [1.29, 1.82) is 0 Å². The molecule has 4 nitrogen and oxygen atoms in total. The second-order valence-corrected chi connectivity index (χ2v) is 4.01. The minimum Gasteiger partial charge on any atom is -0.478 e. The number of carboxylic acids is 2. The maximum atomic E-state index is 11.1. The van der Waals surface area contributed by atoms with Gasteiger partial charge in [0.25, 0.3) is 0 Å². The second kappa shape index (κ2) is 6.00. The van der Waals surface area contributed by atoms with Crippen LogP contribution >= 0.6 is 0 Å². The molecule has 0 spiro atoms. The molecule has 0 unspecified atom stereocenters. The number of benzene rings is 1. The molecular formula is C14H16O4. The fraction of sp³-hybridized carbons (Fsp3) is 0.286. The normalized spacial score (nSPS) is 11.9. The van der Waals surface area contributed by atoms with Gasteiger partial charge in [0.15, 0.2) is 0 Å². The van der Waals surface area contributed by atoms with Gasteiger partial charge in [0.2, 0.25) is 0 Å². The molecule has 0 aromatic heterocycles. The number of carboxylic acid groups (broad SMARTS) is 2. The van der Waals surface area contributed by atoms with Crippen molar-refractivity contribution in [1.82, 2.24) is 0 Å². The Morgan fingerprint density at radius 1 is 1.06 bits per heavy atom. The van der Waals surface area contributed by atoms with Gasteiger partial charge in [-0.3, -0.25) is 0 Å². The van der Waals surface area contributed by atoms with Gasteiger partial charge in [-0.2, -0.15) is 0 Å². The topological polar surface area (TPSA) is 74.6 Å². The predicted molar refractivity (Wildman–Crippen MR) is 67.5 cm³/mol. The number of aliphatic carboxylic acids is 2. The molecule has 1 aromatic carbocycles. The summed E-state index contributed by atoms with van der Waals surface area (Å²) in [6, 6.07) is 7.46. The average Bonchev–Trinajstić information content (AvgIpc) is 2.35. The summed E-state index contributed by atoms with van der Waals surface area (Å²) in [5.41, 5.74) is 1.71. The third kappa shape index (κ3) is 3.20. The molecule has 0 heterocycles. The van der Waals surface area contributed by atoms with E-state index < -0.39 is 11.9 Å². The van der Waals surface area contributed by atoms with E-state index in [4.69, 9.17) is 10.2 Å². The molecule has 1 aromatic rings. The third-order valence-corrected chi connectivity index (χ3v) is 2.90. The van der Waals surface area contributed by atoms with Crippen LogP contribution < -0.4 is 0 Å². The van der Waals surface area contributed by atoms with E-state index in [0.29, 0.717) is 0 Å². The number of aryl methyl sites for hydroxylation is 1. The molecular weight excluding hydrogens is 232 g/mol. The number of hydrogen-bond acceptors (Lipinski definition) is 2. The molecule has 2 N–H and O–H groups in total. The Labute approximate surface area is 106 Å². The van der Waals surface area contributed by atoms with Gasteiger partial charge in [0.05, 0.1) is 5.57 Å². The Bertz CT molecular complexity index is 500. The first kappa shape index (κ1) is 14.0. The molecule has 18 heavy (non-hydrogen) atoms. The highest BCUT2D eigenvalue weighted by molar-refractivity contribution is 5.98. The molecule has 0 atom stereocenters. The van der Waals surface area contributed by atoms with Crippen LogP contribution in [0.4, 0.5) is 0 Å². The molecule has 0 fully saturated rings.